The molecule has 0 fully saturated rings. The molecule has 2 unspecified atom stereocenters. The van der Waals surface area contributed by atoms with Gasteiger partial charge in [-0.3, -0.25) is 37.3 Å². The van der Waals surface area contributed by atoms with Crippen LogP contribution < -0.4 is 0 Å². The number of ether oxygens (including phenoxy) is 4. The Kier molecular flexibility index (Phi) is 57.4. The monoisotopic (exact) mass is 1240 g/mol. The van der Waals surface area contributed by atoms with Gasteiger partial charge in [-0.2, -0.15) is 0 Å². The highest BCUT2D eigenvalue weighted by Crippen LogP contribution is 2.45. The maximum absolute atomic E-state index is 13.0. The third-order valence-corrected chi connectivity index (χ3v) is 16.9. The van der Waals surface area contributed by atoms with Crippen LogP contribution in [-0.4, -0.2) is 96.7 Å². The van der Waals surface area contributed by atoms with Crippen molar-refractivity contribution >= 4 is 39.5 Å². The van der Waals surface area contributed by atoms with Gasteiger partial charge in [0.1, 0.15) is 19.3 Å². The highest BCUT2D eigenvalue weighted by molar-refractivity contribution is 7.47. The zero-order valence-corrected chi connectivity index (χ0v) is 55.8. The molecule has 0 aliphatic heterocycles. The van der Waals surface area contributed by atoms with Crippen LogP contribution in [0.3, 0.4) is 0 Å². The van der Waals surface area contributed by atoms with Gasteiger partial charge in [0.2, 0.25) is 0 Å². The topological polar surface area (TPSA) is 237 Å². The van der Waals surface area contributed by atoms with Gasteiger partial charge in [-0.25, -0.2) is 9.13 Å². The molecular formula is C65H126O17P2. The number of rotatable bonds is 65. The molecule has 0 bridgehead atoms. The second kappa shape index (κ2) is 58.7. The molecule has 0 aliphatic carbocycles. The normalized spacial score (nSPS) is 14.2. The second-order valence-electron chi connectivity index (χ2n) is 24.0. The van der Waals surface area contributed by atoms with E-state index in [1.165, 1.54) is 148 Å². The minimum absolute atomic E-state index is 0.106. The Morgan fingerprint density at radius 2 is 0.548 bits per heavy atom. The van der Waals surface area contributed by atoms with Gasteiger partial charge in [0.15, 0.2) is 12.2 Å². The van der Waals surface area contributed by atoms with Crippen molar-refractivity contribution in [2.75, 3.05) is 39.6 Å². The summed E-state index contributed by atoms with van der Waals surface area (Å²) in [4.78, 5) is 72.1. The molecule has 0 heterocycles. The van der Waals surface area contributed by atoms with E-state index in [1.54, 1.807) is 0 Å². The van der Waals surface area contributed by atoms with Gasteiger partial charge in [-0.1, -0.05) is 279 Å². The number of phosphoric acid groups is 2. The van der Waals surface area contributed by atoms with Gasteiger partial charge in [0, 0.05) is 25.7 Å². The van der Waals surface area contributed by atoms with E-state index in [0.29, 0.717) is 25.7 Å². The summed E-state index contributed by atoms with van der Waals surface area (Å²) in [5.74, 6) is -1.41. The van der Waals surface area contributed by atoms with Crippen molar-refractivity contribution in [3.63, 3.8) is 0 Å². The lowest BCUT2D eigenvalue weighted by Crippen LogP contribution is -2.30. The van der Waals surface area contributed by atoms with E-state index in [4.69, 9.17) is 37.0 Å². The Morgan fingerprint density at radius 3 is 0.810 bits per heavy atom. The lowest BCUT2D eigenvalue weighted by atomic mass is 10.0. The number of carbonyl (C=O) groups excluding carboxylic acids is 4. The number of hydrogen-bond donors (Lipinski definition) is 3. The Morgan fingerprint density at radius 1 is 0.321 bits per heavy atom. The summed E-state index contributed by atoms with van der Waals surface area (Å²) in [5.41, 5.74) is 0. The summed E-state index contributed by atoms with van der Waals surface area (Å²) < 4.78 is 68.0. The zero-order chi connectivity index (χ0) is 62.0. The first-order valence-corrected chi connectivity index (χ1v) is 37.1. The van der Waals surface area contributed by atoms with Crippen LogP contribution in [-0.2, 0) is 65.4 Å². The SMILES string of the molecule is CCCCCCCCCCCCCCCCCCC(=O)O[C@H](COC(=O)CCCCCCCCCCC(C)C)COP(=O)(O)OC[C@@H](O)COP(=O)(O)OC[C@@H](COC(=O)CCCCCCCCCC)OC(=O)CCCCCCCCCCC. The number of unbranched alkanes of at least 4 members (excludes halogenated alkanes) is 37. The molecule has 0 aromatic heterocycles. The van der Waals surface area contributed by atoms with Crippen molar-refractivity contribution in [1.29, 1.82) is 0 Å². The van der Waals surface area contributed by atoms with Gasteiger partial charge in [0.25, 0.3) is 0 Å². The molecule has 498 valence electrons. The number of carbonyl (C=O) groups is 4. The minimum Gasteiger partial charge on any atom is -0.462 e. The van der Waals surface area contributed by atoms with Crippen molar-refractivity contribution < 1.29 is 80.2 Å². The summed E-state index contributed by atoms with van der Waals surface area (Å²) in [6.07, 6.45) is 43.1. The fourth-order valence-corrected chi connectivity index (χ4v) is 11.3. The lowest BCUT2D eigenvalue weighted by molar-refractivity contribution is -0.161. The molecule has 0 amide bonds. The maximum atomic E-state index is 13.0. The van der Waals surface area contributed by atoms with E-state index in [1.807, 2.05) is 0 Å². The van der Waals surface area contributed by atoms with Crippen LogP contribution in [0.5, 0.6) is 0 Å². The largest absolute Gasteiger partial charge is 0.472 e. The Hall–Kier alpha value is -1.94. The van der Waals surface area contributed by atoms with Gasteiger partial charge in [-0.05, 0) is 31.6 Å². The third kappa shape index (κ3) is 59.0. The van der Waals surface area contributed by atoms with E-state index in [2.05, 4.69) is 34.6 Å². The fourth-order valence-electron chi connectivity index (χ4n) is 9.76. The summed E-state index contributed by atoms with van der Waals surface area (Å²) in [6.45, 7) is 7.13. The first kappa shape index (κ1) is 82.1. The molecule has 0 aliphatic rings. The highest BCUT2D eigenvalue weighted by Gasteiger charge is 2.30. The second-order valence-corrected chi connectivity index (χ2v) is 26.9. The number of aliphatic hydroxyl groups excluding tert-OH is 1. The number of hydrogen-bond acceptors (Lipinski definition) is 15. The maximum Gasteiger partial charge on any atom is 0.472 e. The quantitative estimate of drug-likeness (QED) is 0.0222. The van der Waals surface area contributed by atoms with E-state index in [9.17, 15) is 43.2 Å². The average Bonchev–Trinajstić information content (AvgIpc) is 3.57. The highest BCUT2D eigenvalue weighted by atomic mass is 31.2. The van der Waals surface area contributed by atoms with Crippen LogP contribution in [0.4, 0.5) is 0 Å². The molecule has 0 spiro atoms. The van der Waals surface area contributed by atoms with Gasteiger partial charge >= 0.3 is 39.5 Å². The molecule has 5 atom stereocenters. The van der Waals surface area contributed by atoms with Crippen molar-refractivity contribution in [2.24, 2.45) is 5.92 Å². The van der Waals surface area contributed by atoms with Crippen molar-refractivity contribution in [3.05, 3.63) is 0 Å². The van der Waals surface area contributed by atoms with Gasteiger partial charge < -0.3 is 33.8 Å². The molecule has 0 rings (SSSR count). The van der Waals surface area contributed by atoms with Crippen LogP contribution in [0.2, 0.25) is 0 Å². The Labute approximate surface area is 511 Å². The predicted octanol–water partition coefficient (Wildman–Crippen LogP) is 18.2. The van der Waals surface area contributed by atoms with E-state index >= 15 is 0 Å². The standard InChI is InChI=1S/C65H126O17P2/c1-6-9-12-15-18-21-22-23-24-25-26-27-29-36-41-46-51-65(70)82-61(55-76-63(68)49-44-39-34-31-30-32-37-42-47-58(4)5)57-80-84(73,74)78-53-59(66)52-77-83(71,72)79-56-60(54-75-62(67)48-43-38-33-20-17-14-11-8-3)81-64(69)50-45-40-35-28-19-16-13-10-7-2/h58-61,66H,6-57H2,1-5H3,(H,71,72)(H,73,74)/t59-,60+,61+/m0/s1. The van der Waals surface area contributed by atoms with E-state index in [0.717, 1.165) is 102 Å². The number of esters is 4. The first-order chi connectivity index (χ1) is 40.5. The zero-order valence-electron chi connectivity index (χ0n) is 54.0. The number of phosphoric ester groups is 2. The van der Waals surface area contributed by atoms with Crippen LogP contribution in [0.15, 0.2) is 0 Å². The summed E-state index contributed by atoms with van der Waals surface area (Å²) >= 11 is 0. The molecular weight excluding hydrogens is 1110 g/mol. The molecule has 0 aromatic rings. The molecule has 3 N–H and O–H groups in total. The van der Waals surface area contributed by atoms with Crippen LogP contribution in [0, 0.1) is 5.92 Å². The molecule has 0 saturated heterocycles. The third-order valence-electron chi connectivity index (χ3n) is 15.0. The molecule has 0 saturated carbocycles. The predicted molar refractivity (Wildman–Crippen MR) is 335 cm³/mol. The van der Waals surface area contributed by atoms with E-state index in [-0.39, 0.29) is 25.7 Å². The summed E-state index contributed by atoms with van der Waals surface area (Å²) in [7, 11) is -9.88. The van der Waals surface area contributed by atoms with Gasteiger partial charge in [0.05, 0.1) is 26.4 Å². The van der Waals surface area contributed by atoms with Crippen molar-refractivity contribution in [2.45, 2.75) is 348 Å². The minimum atomic E-state index is -4.94. The summed E-state index contributed by atoms with van der Waals surface area (Å²) in [6, 6.07) is 0. The van der Waals surface area contributed by atoms with Crippen LogP contribution >= 0.6 is 15.6 Å². The molecule has 84 heavy (non-hydrogen) atoms. The Bertz CT molecular complexity index is 1640. The lowest BCUT2D eigenvalue weighted by Gasteiger charge is -2.21. The van der Waals surface area contributed by atoms with Crippen molar-refractivity contribution in [3.8, 4) is 0 Å². The summed E-state index contributed by atoms with van der Waals surface area (Å²) in [5, 5.41) is 10.5. The molecule has 17 nitrogen and oxygen atoms in total. The van der Waals surface area contributed by atoms with Crippen molar-refractivity contribution in [1.82, 2.24) is 0 Å². The molecule has 0 radical (unpaired) electrons. The molecule has 0 aromatic carbocycles. The number of aliphatic hydroxyl groups is 1. The smallest absolute Gasteiger partial charge is 0.462 e. The van der Waals surface area contributed by atoms with Crippen LogP contribution in [0.25, 0.3) is 0 Å². The first-order valence-electron chi connectivity index (χ1n) is 34.1. The Balaban J connectivity index is 5.20. The van der Waals surface area contributed by atoms with E-state index < -0.39 is 97.5 Å². The average molecular weight is 1240 g/mol. The van der Waals surface area contributed by atoms with Crippen LogP contribution in [0.1, 0.15) is 330 Å². The van der Waals surface area contributed by atoms with Gasteiger partial charge in [-0.15, -0.1) is 0 Å². The molecule has 19 heteroatoms. The fraction of sp³-hybridized carbons (Fsp3) is 0.938.